The third kappa shape index (κ3) is 3.17. The smallest absolute Gasteiger partial charge is 0.319 e. The highest BCUT2D eigenvalue weighted by Gasteiger charge is 2.60. The standard InChI is InChI=1S/C31H25NO6/c1-15-4-8-20-22-13-21(18-6-9-23-25(12-18)37-14-36-23)26-28(27(22)31(35)38-24(20)10-15)30(34)32(29(26)33)19-7-5-16(2)17(3)11-19/h4-13,21,26-28H,14H2,1-3H3/t21-,26+,27-,28-/m1/s1. The molecule has 4 atom stereocenters. The van der Waals surface area contributed by atoms with Crippen molar-refractivity contribution in [3.63, 3.8) is 0 Å². The van der Waals surface area contributed by atoms with Gasteiger partial charge in [0.1, 0.15) is 5.75 Å². The molecule has 0 spiro atoms. The van der Waals surface area contributed by atoms with Crippen molar-refractivity contribution in [3.05, 3.63) is 88.5 Å². The highest BCUT2D eigenvalue weighted by molar-refractivity contribution is 6.24. The number of ether oxygens (including phenoxy) is 3. The molecule has 7 rings (SSSR count). The van der Waals surface area contributed by atoms with Crippen LogP contribution in [0.1, 0.15) is 33.7 Å². The van der Waals surface area contributed by atoms with Crippen LogP contribution in [0.5, 0.6) is 17.2 Å². The van der Waals surface area contributed by atoms with Crippen LogP contribution >= 0.6 is 0 Å². The molecule has 3 heterocycles. The van der Waals surface area contributed by atoms with Crippen molar-refractivity contribution in [2.45, 2.75) is 26.7 Å². The van der Waals surface area contributed by atoms with Crippen molar-refractivity contribution < 1.29 is 28.6 Å². The fraction of sp³-hybridized carbons (Fsp3) is 0.258. The van der Waals surface area contributed by atoms with Crippen molar-refractivity contribution in [2.24, 2.45) is 17.8 Å². The first-order chi connectivity index (χ1) is 18.3. The molecule has 2 amide bonds. The molecule has 7 heteroatoms. The molecule has 0 radical (unpaired) electrons. The molecule has 0 saturated carbocycles. The highest BCUT2D eigenvalue weighted by atomic mass is 16.7. The van der Waals surface area contributed by atoms with Gasteiger partial charge in [-0.3, -0.25) is 14.4 Å². The molecule has 190 valence electrons. The van der Waals surface area contributed by atoms with E-state index in [1.165, 1.54) is 4.90 Å². The summed E-state index contributed by atoms with van der Waals surface area (Å²) in [5.41, 5.74) is 5.84. The summed E-state index contributed by atoms with van der Waals surface area (Å²) in [6, 6.07) is 16.9. The summed E-state index contributed by atoms with van der Waals surface area (Å²) in [6.07, 6.45) is 1.98. The van der Waals surface area contributed by atoms with Gasteiger partial charge in [0, 0.05) is 11.5 Å². The first kappa shape index (κ1) is 22.8. The number of imide groups is 1. The van der Waals surface area contributed by atoms with E-state index < -0.39 is 29.6 Å². The Balaban J connectivity index is 1.42. The van der Waals surface area contributed by atoms with Gasteiger partial charge in [0.2, 0.25) is 18.6 Å². The minimum Gasteiger partial charge on any atom is -0.454 e. The molecule has 3 aromatic rings. The van der Waals surface area contributed by atoms with Crippen LogP contribution in [0.4, 0.5) is 5.69 Å². The van der Waals surface area contributed by atoms with Crippen LogP contribution < -0.4 is 19.1 Å². The van der Waals surface area contributed by atoms with Crippen LogP contribution in [0, 0.1) is 38.5 Å². The Morgan fingerprint density at radius 1 is 0.763 bits per heavy atom. The zero-order valence-corrected chi connectivity index (χ0v) is 21.2. The van der Waals surface area contributed by atoms with E-state index >= 15 is 0 Å². The first-order valence-electron chi connectivity index (χ1n) is 12.7. The molecule has 0 N–H and O–H groups in total. The predicted octanol–water partition coefficient (Wildman–Crippen LogP) is 4.86. The van der Waals surface area contributed by atoms with Gasteiger partial charge >= 0.3 is 5.97 Å². The number of esters is 1. The Labute approximate surface area is 219 Å². The Bertz CT molecular complexity index is 1600. The second-order valence-electron chi connectivity index (χ2n) is 10.5. The van der Waals surface area contributed by atoms with Crippen molar-refractivity contribution >= 4 is 29.0 Å². The minimum absolute atomic E-state index is 0.134. The third-order valence-electron chi connectivity index (χ3n) is 8.28. The quantitative estimate of drug-likeness (QED) is 0.280. The number of allylic oxidation sites excluding steroid dienone is 1. The zero-order chi connectivity index (χ0) is 26.3. The Morgan fingerprint density at radius 2 is 1.55 bits per heavy atom. The summed E-state index contributed by atoms with van der Waals surface area (Å²) in [7, 11) is 0. The molecule has 7 nitrogen and oxygen atoms in total. The number of rotatable bonds is 2. The summed E-state index contributed by atoms with van der Waals surface area (Å²) < 4.78 is 16.9. The van der Waals surface area contributed by atoms with E-state index in [1.54, 1.807) is 6.07 Å². The zero-order valence-electron chi connectivity index (χ0n) is 21.2. The summed E-state index contributed by atoms with van der Waals surface area (Å²) >= 11 is 0. The van der Waals surface area contributed by atoms with E-state index in [1.807, 2.05) is 75.4 Å². The number of carbonyl (C=O) groups excluding carboxylic acids is 3. The van der Waals surface area contributed by atoms with E-state index in [9.17, 15) is 14.4 Å². The minimum atomic E-state index is -0.888. The van der Waals surface area contributed by atoms with E-state index in [0.717, 1.165) is 33.4 Å². The molecular weight excluding hydrogens is 482 g/mol. The van der Waals surface area contributed by atoms with Crippen LogP contribution in [0.15, 0.2) is 60.7 Å². The Kier molecular flexibility index (Phi) is 4.83. The predicted molar refractivity (Wildman–Crippen MR) is 139 cm³/mol. The number of nitrogens with zero attached hydrogens (tertiary/aromatic N) is 1. The number of carbonyl (C=O) groups is 3. The number of aryl methyl sites for hydroxylation is 3. The fourth-order valence-electron chi connectivity index (χ4n) is 6.23. The average molecular weight is 508 g/mol. The number of fused-ring (bicyclic) bond motifs is 6. The van der Waals surface area contributed by atoms with Gasteiger partial charge in [-0.25, -0.2) is 4.90 Å². The topological polar surface area (TPSA) is 82.1 Å². The van der Waals surface area contributed by atoms with E-state index in [-0.39, 0.29) is 18.6 Å². The van der Waals surface area contributed by atoms with Crippen LogP contribution in [0.3, 0.4) is 0 Å². The summed E-state index contributed by atoms with van der Waals surface area (Å²) in [4.78, 5) is 42.9. The lowest BCUT2D eigenvalue weighted by Gasteiger charge is -2.38. The van der Waals surface area contributed by atoms with Crippen LogP contribution in [-0.4, -0.2) is 24.6 Å². The van der Waals surface area contributed by atoms with Gasteiger partial charge in [0.25, 0.3) is 0 Å². The molecule has 0 aromatic heterocycles. The number of hydrogen-bond donors (Lipinski definition) is 0. The van der Waals surface area contributed by atoms with Gasteiger partial charge in [0.15, 0.2) is 11.5 Å². The molecule has 1 fully saturated rings. The van der Waals surface area contributed by atoms with E-state index in [4.69, 9.17) is 14.2 Å². The van der Waals surface area contributed by atoms with Crippen molar-refractivity contribution in [3.8, 4) is 17.2 Å². The van der Waals surface area contributed by atoms with E-state index in [0.29, 0.717) is 22.9 Å². The van der Waals surface area contributed by atoms with Gasteiger partial charge in [-0.1, -0.05) is 30.3 Å². The maximum Gasteiger partial charge on any atom is 0.319 e. The second kappa shape index (κ2) is 8.05. The van der Waals surface area contributed by atoms with Crippen molar-refractivity contribution in [1.82, 2.24) is 0 Å². The van der Waals surface area contributed by atoms with Crippen LogP contribution in [-0.2, 0) is 14.4 Å². The monoisotopic (exact) mass is 507 g/mol. The normalized spacial score (nSPS) is 25.0. The molecular formula is C31H25NO6. The number of hydrogen-bond acceptors (Lipinski definition) is 6. The molecule has 4 aliphatic rings. The molecule has 0 unspecified atom stereocenters. The Morgan fingerprint density at radius 3 is 2.37 bits per heavy atom. The summed E-state index contributed by atoms with van der Waals surface area (Å²) in [5.74, 6) is -2.46. The molecule has 1 saturated heterocycles. The molecule has 3 aliphatic heterocycles. The SMILES string of the molecule is Cc1ccc2c(c1)OC(=O)[C@@H]1C2=C[C@H](c2ccc3c(c2)OCO3)[C@@H]2C(=O)N(c3ccc(C)c(C)c3)C(=O)[C@@H]12. The van der Waals surface area contributed by atoms with E-state index in [2.05, 4.69) is 0 Å². The van der Waals surface area contributed by atoms with Crippen LogP contribution in [0.2, 0.25) is 0 Å². The lowest BCUT2D eigenvalue weighted by Crippen LogP contribution is -2.42. The lowest BCUT2D eigenvalue weighted by atomic mass is 9.64. The number of anilines is 1. The fourth-order valence-corrected chi connectivity index (χ4v) is 6.23. The summed E-state index contributed by atoms with van der Waals surface area (Å²) in [6.45, 7) is 6.00. The van der Waals surface area contributed by atoms with Gasteiger partial charge in [0.05, 0.1) is 23.4 Å². The molecule has 1 aliphatic carbocycles. The average Bonchev–Trinajstić information content (AvgIpc) is 3.47. The number of benzene rings is 3. The van der Waals surface area contributed by atoms with Gasteiger partial charge in [-0.2, -0.15) is 0 Å². The lowest BCUT2D eigenvalue weighted by molar-refractivity contribution is -0.142. The molecule has 38 heavy (non-hydrogen) atoms. The maximum atomic E-state index is 14.1. The molecule has 3 aromatic carbocycles. The maximum absolute atomic E-state index is 14.1. The summed E-state index contributed by atoms with van der Waals surface area (Å²) in [5, 5.41) is 0. The largest absolute Gasteiger partial charge is 0.454 e. The Hall–Kier alpha value is -4.39. The van der Waals surface area contributed by atoms with Crippen molar-refractivity contribution in [2.75, 3.05) is 11.7 Å². The van der Waals surface area contributed by atoms with Crippen LogP contribution in [0.25, 0.3) is 5.57 Å². The highest BCUT2D eigenvalue weighted by Crippen LogP contribution is 2.55. The number of amides is 2. The van der Waals surface area contributed by atoms with Gasteiger partial charge in [-0.15, -0.1) is 0 Å². The molecule has 0 bridgehead atoms. The first-order valence-corrected chi connectivity index (χ1v) is 12.7. The third-order valence-corrected chi connectivity index (χ3v) is 8.28. The van der Waals surface area contributed by atoms with Gasteiger partial charge < -0.3 is 14.2 Å². The second-order valence-corrected chi connectivity index (χ2v) is 10.5. The van der Waals surface area contributed by atoms with Crippen molar-refractivity contribution in [1.29, 1.82) is 0 Å². The van der Waals surface area contributed by atoms with Gasteiger partial charge in [-0.05, 0) is 78.9 Å².